The molecule has 1 aliphatic carbocycles. The van der Waals surface area contributed by atoms with Crippen molar-refractivity contribution in [3.05, 3.63) is 0 Å². The molecular formula is C12H22N2O3. The minimum Gasteiger partial charge on any atom is -0.481 e. The van der Waals surface area contributed by atoms with Crippen molar-refractivity contribution in [2.45, 2.75) is 39.2 Å². The van der Waals surface area contributed by atoms with E-state index in [0.29, 0.717) is 13.0 Å². The van der Waals surface area contributed by atoms with E-state index in [1.807, 2.05) is 13.8 Å². The number of hydrogen-bond acceptors (Lipinski definition) is 3. The molecule has 0 aromatic carbocycles. The van der Waals surface area contributed by atoms with Crippen LogP contribution in [0.3, 0.4) is 0 Å². The lowest BCUT2D eigenvalue weighted by Gasteiger charge is -2.19. The molecule has 0 spiro atoms. The molecule has 1 amide bonds. The molecule has 0 heterocycles. The molecule has 0 aliphatic heterocycles. The van der Waals surface area contributed by atoms with Crippen LogP contribution >= 0.6 is 0 Å². The van der Waals surface area contributed by atoms with Crippen LogP contribution in [0.2, 0.25) is 0 Å². The van der Waals surface area contributed by atoms with E-state index >= 15 is 0 Å². The van der Waals surface area contributed by atoms with Crippen LogP contribution in [0.15, 0.2) is 0 Å². The van der Waals surface area contributed by atoms with Crippen molar-refractivity contribution in [1.82, 2.24) is 5.32 Å². The smallest absolute Gasteiger partial charge is 0.306 e. The third-order valence-corrected chi connectivity index (χ3v) is 3.54. The number of carboxylic acids is 1. The summed E-state index contributed by atoms with van der Waals surface area (Å²) in [6, 6.07) is -0.514. The topological polar surface area (TPSA) is 92.4 Å². The van der Waals surface area contributed by atoms with Gasteiger partial charge in [0.25, 0.3) is 0 Å². The van der Waals surface area contributed by atoms with Gasteiger partial charge in [-0.05, 0) is 24.7 Å². The fourth-order valence-corrected chi connectivity index (χ4v) is 2.26. The molecule has 1 fully saturated rings. The molecular weight excluding hydrogens is 220 g/mol. The fraction of sp³-hybridized carbons (Fsp3) is 0.833. The van der Waals surface area contributed by atoms with E-state index in [1.54, 1.807) is 0 Å². The Bertz CT molecular complexity index is 291. The van der Waals surface area contributed by atoms with Crippen molar-refractivity contribution in [3.63, 3.8) is 0 Å². The zero-order chi connectivity index (χ0) is 13.0. The third-order valence-electron chi connectivity index (χ3n) is 3.54. The summed E-state index contributed by atoms with van der Waals surface area (Å²) in [5.41, 5.74) is 5.71. The average Bonchev–Trinajstić information content (AvgIpc) is 2.72. The molecule has 0 radical (unpaired) electrons. The number of carbonyl (C=O) groups excluding carboxylic acids is 1. The molecule has 3 atom stereocenters. The number of carboxylic acid groups (broad SMARTS) is 1. The lowest BCUT2D eigenvalue weighted by atomic mass is 9.96. The normalized spacial score (nSPS) is 25.9. The van der Waals surface area contributed by atoms with Crippen LogP contribution in [0.1, 0.15) is 33.1 Å². The number of rotatable bonds is 5. The van der Waals surface area contributed by atoms with Gasteiger partial charge in [-0.2, -0.15) is 0 Å². The molecule has 0 saturated heterocycles. The molecule has 1 rings (SSSR count). The van der Waals surface area contributed by atoms with E-state index in [0.717, 1.165) is 12.8 Å². The maximum Gasteiger partial charge on any atom is 0.306 e. The Hall–Kier alpha value is -1.10. The second-order valence-electron chi connectivity index (χ2n) is 5.15. The summed E-state index contributed by atoms with van der Waals surface area (Å²) in [7, 11) is 0. The second-order valence-corrected chi connectivity index (χ2v) is 5.15. The molecule has 0 aromatic heterocycles. The zero-order valence-electron chi connectivity index (χ0n) is 10.5. The third kappa shape index (κ3) is 3.70. The highest BCUT2D eigenvalue weighted by atomic mass is 16.4. The maximum absolute atomic E-state index is 11.6. The van der Waals surface area contributed by atoms with Gasteiger partial charge in [0, 0.05) is 6.54 Å². The molecule has 98 valence electrons. The van der Waals surface area contributed by atoms with Crippen LogP contribution < -0.4 is 11.1 Å². The number of nitrogens with one attached hydrogen (secondary N) is 1. The molecule has 2 unspecified atom stereocenters. The molecule has 5 heteroatoms. The first-order valence-electron chi connectivity index (χ1n) is 6.19. The van der Waals surface area contributed by atoms with Crippen molar-refractivity contribution in [2.75, 3.05) is 6.54 Å². The molecule has 17 heavy (non-hydrogen) atoms. The van der Waals surface area contributed by atoms with Gasteiger partial charge < -0.3 is 16.2 Å². The average molecular weight is 242 g/mol. The molecule has 0 bridgehead atoms. The number of hydrogen-bond donors (Lipinski definition) is 3. The zero-order valence-corrected chi connectivity index (χ0v) is 10.5. The number of nitrogens with two attached hydrogens (primary N) is 1. The predicted octanol–water partition coefficient (Wildman–Crippen LogP) is 0.587. The van der Waals surface area contributed by atoms with E-state index in [9.17, 15) is 9.59 Å². The number of aliphatic carboxylic acids is 1. The summed E-state index contributed by atoms with van der Waals surface area (Å²) in [6.45, 7) is 4.20. The highest BCUT2D eigenvalue weighted by Crippen LogP contribution is 2.31. The highest BCUT2D eigenvalue weighted by molar-refractivity contribution is 5.81. The van der Waals surface area contributed by atoms with Crippen LogP contribution in [0.4, 0.5) is 0 Å². The van der Waals surface area contributed by atoms with Gasteiger partial charge in [0.15, 0.2) is 0 Å². The van der Waals surface area contributed by atoms with Gasteiger partial charge in [-0.15, -0.1) is 0 Å². The van der Waals surface area contributed by atoms with Crippen molar-refractivity contribution < 1.29 is 14.7 Å². The minimum atomic E-state index is -0.755. The van der Waals surface area contributed by atoms with Crippen LogP contribution in [0.25, 0.3) is 0 Å². The molecule has 5 nitrogen and oxygen atoms in total. The van der Waals surface area contributed by atoms with Gasteiger partial charge in [-0.1, -0.05) is 20.3 Å². The Kier molecular flexibility index (Phi) is 4.93. The molecule has 0 aromatic rings. The summed E-state index contributed by atoms with van der Waals surface area (Å²) in [6.07, 6.45) is 2.51. The number of carbonyl (C=O) groups is 2. The van der Waals surface area contributed by atoms with Crippen molar-refractivity contribution in [1.29, 1.82) is 0 Å². The van der Waals surface area contributed by atoms with Gasteiger partial charge in [0.1, 0.15) is 0 Å². The first kappa shape index (κ1) is 14.0. The lowest BCUT2D eigenvalue weighted by Crippen LogP contribution is -2.45. The van der Waals surface area contributed by atoms with Crippen LogP contribution in [0, 0.1) is 17.8 Å². The van der Waals surface area contributed by atoms with Gasteiger partial charge in [-0.3, -0.25) is 9.59 Å². The van der Waals surface area contributed by atoms with Gasteiger partial charge in [0.05, 0.1) is 12.0 Å². The maximum atomic E-state index is 11.6. The first-order valence-corrected chi connectivity index (χ1v) is 6.19. The quantitative estimate of drug-likeness (QED) is 0.657. The lowest BCUT2D eigenvalue weighted by molar-refractivity contribution is -0.143. The first-order chi connectivity index (χ1) is 7.93. The van der Waals surface area contributed by atoms with E-state index in [4.69, 9.17) is 10.8 Å². The summed E-state index contributed by atoms with van der Waals surface area (Å²) in [5, 5.41) is 11.8. The van der Waals surface area contributed by atoms with E-state index in [2.05, 4.69) is 5.32 Å². The Morgan fingerprint density at radius 1 is 1.41 bits per heavy atom. The fourth-order valence-electron chi connectivity index (χ4n) is 2.26. The summed E-state index contributed by atoms with van der Waals surface area (Å²) >= 11 is 0. The van der Waals surface area contributed by atoms with Crippen molar-refractivity contribution in [3.8, 4) is 0 Å². The van der Waals surface area contributed by atoms with Crippen molar-refractivity contribution >= 4 is 11.9 Å². The van der Waals surface area contributed by atoms with Crippen LogP contribution in [-0.2, 0) is 9.59 Å². The number of amides is 1. The Labute approximate surface area is 102 Å². The van der Waals surface area contributed by atoms with Gasteiger partial charge in [0.2, 0.25) is 5.91 Å². The van der Waals surface area contributed by atoms with Gasteiger partial charge in [-0.25, -0.2) is 0 Å². The summed E-state index contributed by atoms with van der Waals surface area (Å²) in [5.74, 6) is -1.11. The Balaban J connectivity index is 2.40. The SMILES string of the molecule is CC(C)[C@H](N)C(=O)NCC1CCCC1C(=O)O. The molecule has 1 saturated carbocycles. The summed E-state index contributed by atoms with van der Waals surface area (Å²) < 4.78 is 0. The van der Waals surface area contributed by atoms with Crippen LogP contribution in [-0.4, -0.2) is 29.6 Å². The molecule has 4 N–H and O–H groups in total. The monoisotopic (exact) mass is 242 g/mol. The van der Waals surface area contributed by atoms with Crippen molar-refractivity contribution in [2.24, 2.45) is 23.5 Å². The largest absolute Gasteiger partial charge is 0.481 e. The standard InChI is InChI=1S/C12H22N2O3/c1-7(2)10(13)11(15)14-6-8-4-3-5-9(8)12(16)17/h7-10H,3-6,13H2,1-2H3,(H,14,15)(H,16,17)/t8?,9?,10-/m0/s1. The Morgan fingerprint density at radius 3 is 2.59 bits per heavy atom. The second kappa shape index (κ2) is 6.00. The van der Waals surface area contributed by atoms with E-state index in [-0.39, 0.29) is 23.7 Å². The molecule has 1 aliphatic rings. The van der Waals surface area contributed by atoms with E-state index in [1.165, 1.54) is 0 Å². The van der Waals surface area contributed by atoms with E-state index < -0.39 is 12.0 Å². The van der Waals surface area contributed by atoms with Gasteiger partial charge >= 0.3 is 5.97 Å². The highest BCUT2D eigenvalue weighted by Gasteiger charge is 2.33. The Morgan fingerprint density at radius 2 is 2.06 bits per heavy atom. The minimum absolute atomic E-state index is 0.0517. The predicted molar refractivity (Wildman–Crippen MR) is 64.3 cm³/mol. The summed E-state index contributed by atoms with van der Waals surface area (Å²) in [4.78, 5) is 22.6. The van der Waals surface area contributed by atoms with Crippen LogP contribution in [0.5, 0.6) is 0 Å².